The SMILES string of the molecule is Cc1cc2ccccc2nc1NCC1(C(=O)O)CCOC1. The molecule has 5 nitrogen and oxygen atoms in total. The van der Waals surface area contributed by atoms with Crippen molar-refractivity contribution in [2.24, 2.45) is 5.41 Å². The molecule has 1 aliphatic heterocycles. The average molecular weight is 286 g/mol. The molecule has 1 aromatic heterocycles. The van der Waals surface area contributed by atoms with Gasteiger partial charge in [-0.2, -0.15) is 0 Å². The van der Waals surface area contributed by atoms with E-state index in [1.165, 1.54) is 0 Å². The first-order valence-corrected chi connectivity index (χ1v) is 7.02. The minimum absolute atomic E-state index is 0.252. The van der Waals surface area contributed by atoms with Gasteiger partial charge >= 0.3 is 5.97 Å². The topological polar surface area (TPSA) is 71.5 Å². The smallest absolute Gasteiger partial charge is 0.313 e. The molecule has 1 unspecified atom stereocenters. The lowest BCUT2D eigenvalue weighted by atomic mass is 9.87. The number of hydrogen-bond acceptors (Lipinski definition) is 4. The molecular weight excluding hydrogens is 268 g/mol. The standard InChI is InChI=1S/C16H18N2O3/c1-11-8-12-4-2-3-5-13(12)18-14(11)17-9-16(15(19)20)6-7-21-10-16/h2-5,8H,6-7,9-10H2,1H3,(H,17,18)(H,19,20). The van der Waals surface area contributed by atoms with Crippen LogP contribution in [0, 0.1) is 12.3 Å². The number of nitrogens with zero attached hydrogens (tertiary/aromatic N) is 1. The van der Waals surface area contributed by atoms with E-state index in [1.54, 1.807) is 0 Å². The lowest BCUT2D eigenvalue weighted by Gasteiger charge is -2.23. The summed E-state index contributed by atoms with van der Waals surface area (Å²) in [5.74, 6) is -0.0767. The predicted octanol–water partition coefficient (Wildman–Crippen LogP) is 2.45. The highest BCUT2D eigenvalue weighted by Crippen LogP contribution is 2.30. The zero-order valence-corrected chi connectivity index (χ0v) is 11.9. The highest BCUT2D eigenvalue weighted by Gasteiger charge is 2.42. The molecule has 0 amide bonds. The number of fused-ring (bicyclic) bond motifs is 1. The van der Waals surface area contributed by atoms with Crippen LogP contribution in [0.1, 0.15) is 12.0 Å². The summed E-state index contributed by atoms with van der Waals surface area (Å²) in [5, 5.41) is 13.7. The Morgan fingerprint density at radius 3 is 3.00 bits per heavy atom. The molecule has 0 spiro atoms. The summed E-state index contributed by atoms with van der Waals surface area (Å²) in [5.41, 5.74) is 1.06. The van der Waals surface area contributed by atoms with E-state index in [2.05, 4.69) is 16.4 Å². The number of anilines is 1. The van der Waals surface area contributed by atoms with Crippen molar-refractivity contribution in [2.75, 3.05) is 25.1 Å². The normalized spacial score (nSPS) is 21.6. The number of carboxylic acid groups (broad SMARTS) is 1. The van der Waals surface area contributed by atoms with Gasteiger partial charge in [0.15, 0.2) is 0 Å². The lowest BCUT2D eigenvalue weighted by molar-refractivity contribution is -0.148. The number of carbonyl (C=O) groups is 1. The Bertz CT molecular complexity index is 678. The van der Waals surface area contributed by atoms with Gasteiger partial charge in [-0.1, -0.05) is 18.2 Å². The second kappa shape index (κ2) is 5.33. The first-order valence-electron chi connectivity index (χ1n) is 7.02. The van der Waals surface area contributed by atoms with Crippen molar-refractivity contribution < 1.29 is 14.6 Å². The summed E-state index contributed by atoms with van der Waals surface area (Å²) >= 11 is 0. The number of carboxylic acids is 1. The first-order chi connectivity index (χ1) is 10.1. The Balaban J connectivity index is 1.84. The molecule has 0 radical (unpaired) electrons. The van der Waals surface area contributed by atoms with Crippen molar-refractivity contribution in [3.05, 3.63) is 35.9 Å². The summed E-state index contributed by atoms with van der Waals surface area (Å²) in [7, 11) is 0. The third-order valence-corrected chi connectivity index (χ3v) is 4.07. The Morgan fingerprint density at radius 2 is 2.29 bits per heavy atom. The van der Waals surface area contributed by atoms with E-state index in [0.29, 0.717) is 19.6 Å². The number of para-hydroxylation sites is 1. The number of benzene rings is 1. The van der Waals surface area contributed by atoms with E-state index in [1.807, 2.05) is 31.2 Å². The Labute approximate surface area is 123 Å². The fourth-order valence-electron chi connectivity index (χ4n) is 2.64. The molecule has 1 atom stereocenters. The highest BCUT2D eigenvalue weighted by atomic mass is 16.5. The molecule has 21 heavy (non-hydrogen) atoms. The van der Waals surface area contributed by atoms with E-state index in [9.17, 15) is 9.90 Å². The third kappa shape index (κ3) is 2.56. The molecule has 1 aliphatic rings. The van der Waals surface area contributed by atoms with E-state index in [0.717, 1.165) is 22.3 Å². The van der Waals surface area contributed by atoms with Gasteiger partial charge in [-0.25, -0.2) is 4.98 Å². The van der Waals surface area contributed by atoms with Crippen LogP contribution in [0.5, 0.6) is 0 Å². The third-order valence-electron chi connectivity index (χ3n) is 4.07. The molecule has 2 aromatic rings. The molecule has 1 saturated heterocycles. The summed E-state index contributed by atoms with van der Waals surface area (Å²) < 4.78 is 5.27. The number of rotatable bonds is 4. The van der Waals surface area contributed by atoms with Crippen molar-refractivity contribution in [1.82, 2.24) is 4.98 Å². The molecule has 2 N–H and O–H groups in total. The van der Waals surface area contributed by atoms with Crippen LogP contribution in [-0.4, -0.2) is 35.8 Å². The molecule has 0 bridgehead atoms. The zero-order valence-electron chi connectivity index (χ0n) is 11.9. The van der Waals surface area contributed by atoms with Crippen molar-refractivity contribution in [3.8, 4) is 0 Å². The van der Waals surface area contributed by atoms with Crippen LogP contribution in [0.25, 0.3) is 10.9 Å². The fourth-order valence-corrected chi connectivity index (χ4v) is 2.64. The predicted molar refractivity (Wildman–Crippen MR) is 80.5 cm³/mol. The molecule has 110 valence electrons. The molecule has 3 rings (SSSR count). The molecule has 5 heteroatoms. The van der Waals surface area contributed by atoms with Crippen molar-refractivity contribution in [2.45, 2.75) is 13.3 Å². The van der Waals surface area contributed by atoms with Gasteiger partial charge in [0.05, 0.1) is 12.1 Å². The molecule has 1 aromatic carbocycles. The van der Waals surface area contributed by atoms with Crippen molar-refractivity contribution >= 4 is 22.7 Å². The summed E-state index contributed by atoms with van der Waals surface area (Å²) in [6.07, 6.45) is 0.530. The van der Waals surface area contributed by atoms with Crippen molar-refractivity contribution in [3.63, 3.8) is 0 Å². The van der Waals surface area contributed by atoms with Crippen LogP contribution in [0.3, 0.4) is 0 Å². The maximum atomic E-state index is 11.5. The van der Waals surface area contributed by atoms with Gasteiger partial charge in [-0.15, -0.1) is 0 Å². The second-order valence-electron chi connectivity index (χ2n) is 5.59. The van der Waals surface area contributed by atoms with Crippen LogP contribution < -0.4 is 5.32 Å². The first kappa shape index (κ1) is 13.8. The van der Waals surface area contributed by atoms with Gasteiger partial charge in [0, 0.05) is 18.5 Å². The molecular formula is C16H18N2O3. The molecule has 0 saturated carbocycles. The monoisotopic (exact) mass is 286 g/mol. The molecule has 0 aliphatic carbocycles. The number of aliphatic carboxylic acids is 1. The van der Waals surface area contributed by atoms with Crippen LogP contribution in [-0.2, 0) is 9.53 Å². The summed E-state index contributed by atoms with van der Waals surface area (Å²) in [4.78, 5) is 16.1. The van der Waals surface area contributed by atoms with Crippen LogP contribution in [0.15, 0.2) is 30.3 Å². The number of aryl methyl sites for hydroxylation is 1. The lowest BCUT2D eigenvalue weighted by Crippen LogP contribution is -2.38. The van der Waals surface area contributed by atoms with Gasteiger partial charge in [0.1, 0.15) is 11.2 Å². The second-order valence-corrected chi connectivity index (χ2v) is 5.59. The Hall–Kier alpha value is -2.14. The average Bonchev–Trinajstić information content (AvgIpc) is 2.95. The van der Waals surface area contributed by atoms with Crippen molar-refractivity contribution in [1.29, 1.82) is 0 Å². The van der Waals surface area contributed by atoms with Gasteiger partial charge in [0.2, 0.25) is 0 Å². The van der Waals surface area contributed by atoms with E-state index in [-0.39, 0.29) is 6.61 Å². The zero-order chi connectivity index (χ0) is 14.9. The minimum Gasteiger partial charge on any atom is -0.481 e. The summed E-state index contributed by atoms with van der Waals surface area (Å²) in [6, 6.07) is 9.95. The quantitative estimate of drug-likeness (QED) is 0.903. The maximum Gasteiger partial charge on any atom is 0.313 e. The van der Waals surface area contributed by atoms with Gasteiger partial charge < -0.3 is 15.2 Å². The summed E-state index contributed by atoms with van der Waals surface area (Å²) in [6.45, 7) is 3.05. The largest absolute Gasteiger partial charge is 0.481 e. The van der Waals surface area contributed by atoms with E-state index < -0.39 is 11.4 Å². The number of aromatic nitrogens is 1. The number of pyridine rings is 1. The fraction of sp³-hybridized carbons (Fsp3) is 0.375. The number of ether oxygens (including phenoxy) is 1. The number of hydrogen-bond donors (Lipinski definition) is 2. The van der Waals surface area contributed by atoms with E-state index >= 15 is 0 Å². The highest BCUT2D eigenvalue weighted by molar-refractivity contribution is 5.82. The van der Waals surface area contributed by atoms with Crippen LogP contribution in [0.4, 0.5) is 5.82 Å². The van der Waals surface area contributed by atoms with Gasteiger partial charge in [0.25, 0.3) is 0 Å². The minimum atomic E-state index is -0.847. The van der Waals surface area contributed by atoms with Crippen LogP contribution >= 0.6 is 0 Å². The Kier molecular flexibility index (Phi) is 3.51. The number of nitrogens with one attached hydrogen (secondary N) is 1. The molecule has 2 heterocycles. The molecule has 1 fully saturated rings. The van der Waals surface area contributed by atoms with Gasteiger partial charge in [-0.05, 0) is 31.0 Å². The van der Waals surface area contributed by atoms with Gasteiger partial charge in [-0.3, -0.25) is 4.79 Å². The Morgan fingerprint density at radius 1 is 1.48 bits per heavy atom. The van der Waals surface area contributed by atoms with E-state index in [4.69, 9.17) is 4.74 Å². The maximum absolute atomic E-state index is 11.5. The van der Waals surface area contributed by atoms with Crippen LogP contribution in [0.2, 0.25) is 0 Å².